The zero-order valence-electron chi connectivity index (χ0n) is 10.7. The molecule has 0 saturated heterocycles. The minimum Gasteiger partial charge on any atom is -0.383 e. The molecular formula is C13H22N2OS. The maximum absolute atomic E-state index is 5.66. The van der Waals surface area contributed by atoms with Gasteiger partial charge in [0, 0.05) is 43.0 Å². The maximum atomic E-state index is 5.66. The molecule has 0 atom stereocenters. The van der Waals surface area contributed by atoms with Gasteiger partial charge in [-0.3, -0.25) is 4.90 Å². The fourth-order valence-corrected chi connectivity index (χ4v) is 2.66. The monoisotopic (exact) mass is 254 g/mol. The second-order valence-corrected chi connectivity index (χ2v) is 5.36. The van der Waals surface area contributed by atoms with Crippen LogP contribution in [0.15, 0.2) is 18.7 Å². The third-order valence-electron chi connectivity index (χ3n) is 2.67. The number of rotatable bonds is 8. The van der Waals surface area contributed by atoms with E-state index < -0.39 is 0 Å². The smallest absolute Gasteiger partial charge is 0.0589 e. The van der Waals surface area contributed by atoms with Crippen LogP contribution in [0.3, 0.4) is 0 Å². The molecule has 0 amide bonds. The molecule has 0 saturated carbocycles. The van der Waals surface area contributed by atoms with Gasteiger partial charge in [-0.25, -0.2) is 0 Å². The number of hydrogen-bond donors (Lipinski definition) is 1. The van der Waals surface area contributed by atoms with E-state index in [1.54, 1.807) is 18.4 Å². The van der Waals surface area contributed by atoms with Crippen molar-refractivity contribution < 1.29 is 4.74 Å². The van der Waals surface area contributed by atoms with Gasteiger partial charge >= 0.3 is 0 Å². The Hall–Kier alpha value is -0.680. The highest BCUT2D eigenvalue weighted by atomic mass is 32.1. The van der Waals surface area contributed by atoms with Gasteiger partial charge in [-0.15, -0.1) is 17.9 Å². The van der Waals surface area contributed by atoms with Crippen LogP contribution < -0.4 is 5.73 Å². The molecule has 1 aromatic heterocycles. The molecule has 0 fully saturated rings. The summed E-state index contributed by atoms with van der Waals surface area (Å²) >= 11 is 1.79. The van der Waals surface area contributed by atoms with Crippen LogP contribution in [0.2, 0.25) is 0 Å². The highest BCUT2D eigenvalue weighted by Crippen LogP contribution is 2.22. The van der Waals surface area contributed by atoms with Crippen LogP contribution in [0.4, 0.5) is 0 Å². The Morgan fingerprint density at radius 3 is 2.88 bits per heavy atom. The van der Waals surface area contributed by atoms with Gasteiger partial charge in [-0.2, -0.15) is 0 Å². The van der Waals surface area contributed by atoms with Crippen LogP contribution >= 0.6 is 11.3 Å². The topological polar surface area (TPSA) is 38.5 Å². The van der Waals surface area contributed by atoms with Crippen molar-refractivity contribution in [3.05, 3.63) is 34.0 Å². The van der Waals surface area contributed by atoms with E-state index in [0.717, 1.165) is 26.2 Å². The van der Waals surface area contributed by atoms with Crippen LogP contribution in [-0.2, 0) is 17.8 Å². The quantitative estimate of drug-likeness (QED) is 0.722. The molecular weight excluding hydrogens is 232 g/mol. The molecule has 0 aromatic carbocycles. The van der Waals surface area contributed by atoms with Crippen LogP contribution in [0.25, 0.3) is 0 Å². The molecule has 0 unspecified atom stereocenters. The van der Waals surface area contributed by atoms with Crippen LogP contribution in [0.5, 0.6) is 0 Å². The number of aryl methyl sites for hydroxylation is 1. The predicted molar refractivity (Wildman–Crippen MR) is 74.3 cm³/mol. The van der Waals surface area contributed by atoms with Crippen molar-refractivity contribution in [1.82, 2.24) is 4.90 Å². The van der Waals surface area contributed by atoms with E-state index in [0.29, 0.717) is 6.54 Å². The minimum atomic E-state index is 0.630. The third-order valence-corrected chi connectivity index (χ3v) is 3.78. The molecule has 0 aliphatic heterocycles. The molecule has 96 valence electrons. The first-order valence-electron chi connectivity index (χ1n) is 5.81. The standard InChI is InChI=1S/C13H22N2OS/c1-4-5-15(6-7-16-3)10-12-8-13(9-14)17-11(12)2/h4,8H,1,5-7,9-10,14H2,2-3H3. The van der Waals surface area contributed by atoms with E-state index in [2.05, 4.69) is 24.5 Å². The Balaban J connectivity index is 2.63. The Morgan fingerprint density at radius 1 is 1.59 bits per heavy atom. The van der Waals surface area contributed by atoms with Crippen LogP contribution in [0, 0.1) is 6.92 Å². The summed E-state index contributed by atoms with van der Waals surface area (Å²) in [5, 5.41) is 0. The van der Waals surface area contributed by atoms with Crippen molar-refractivity contribution in [1.29, 1.82) is 0 Å². The van der Waals surface area contributed by atoms with Gasteiger partial charge in [0.05, 0.1) is 6.61 Å². The number of ether oxygens (including phenoxy) is 1. The van der Waals surface area contributed by atoms with Gasteiger partial charge in [0.15, 0.2) is 0 Å². The van der Waals surface area contributed by atoms with Gasteiger partial charge in [0.25, 0.3) is 0 Å². The SMILES string of the molecule is C=CCN(CCOC)Cc1cc(CN)sc1C. The number of hydrogen-bond acceptors (Lipinski definition) is 4. The Bertz CT molecular complexity index is 349. The van der Waals surface area contributed by atoms with Crippen molar-refractivity contribution in [2.45, 2.75) is 20.0 Å². The molecule has 0 spiro atoms. The minimum absolute atomic E-state index is 0.630. The second-order valence-electron chi connectivity index (χ2n) is 4.01. The molecule has 1 aromatic rings. The zero-order chi connectivity index (χ0) is 12.7. The van der Waals surface area contributed by atoms with Crippen molar-refractivity contribution in [2.24, 2.45) is 5.73 Å². The van der Waals surface area contributed by atoms with E-state index in [1.165, 1.54) is 15.3 Å². The maximum Gasteiger partial charge on any atom is 0.0589 e. The Kier molecular flexibility index (Phi) is 6.44. The van der Waals surface area contributed by atoms with E-state index in [1.807, 2.05) is 6.08 Å². The summed E-state index contributed by atoms with van der Waals surface area (Å²) in [7, 11) is 1.73. The number of nitrogens with zero attached hydrogens (tertiary/aromatic N) is 1. The largest absolute Gasteiger partial charge is 0.383 e. The lowest BCUT2D eigenvalue weighted by Crippen LogP contribution is -2.27. The molecule has 2 N–H and O–H groups in total. The first kappa shape index (κ1) is 14.4. The lowest BCUT2D eigenvalue weighted by atomic mass is 10.2. The molecule has 3 nitrogen and oxygen atoms in total. The van der Waals surface area contributed by atoms with Gasteiger partial charge in [-0.1, -0.05) is 6.08 Å². The van der Waals surface area contributed by atoms with Crippen molar-refractivity contribution in [2.75, 3.05) is 26.8 Å². The summed E-state index contributed by atoms with van der Waals surface area (Å²) in [6, 6.07) is 2.21. The Labute approximate surface area is 108 Å². The predicted octanol–water partition coefficient (Wildman–Crippen LogP) is 2.15. The van der Waals surface area contributed by atoms with E-state index in [-0.39, 0.29) is 0 Å². The van der Waals surface area contributed by atoms with Crippen LogP contribution in [0.1, 0.15) is 15.3 Å². The molecule has 0 radical (unpaired) electrons. The summed E-state index contributed by atoms with van der Waals surface area (Å²) in [6.07, 6.45) is 1.93. The number of methoxy groups -OCH3 is 1. The zero-order valence-corrected chi connectivity index (χ0v) is 11.6. The average molecular weight is 254 g/mol. The Morgan fingerprint density at radius 2 is 2.35 bits per heavy atom. The normalized spacial score (nSPS) is 11.1. The third kappa shape index (κ3) is 4.60. The number of nitrogens with two attached hydrogens (primary N) is 1. The molecule has 17 heavy (non-hydrogen) atoms. The highest BCUT2D eigenvalue weighted by molar-refractivity contribution is 7.12. The number of thiophene rings is 1. The summed E-state index contributed by atoms with van der Waals surface area (Å²) in [6.45, 7) is 10.1. The lowest BCUT2D eigenvalue weighted by Gasteiger charge is -2.20. The molecule has 1 heterocycles. The lowest BCUT2D eigenvalue weighted by molar-refractivity contribution is 0.151. The van der Waals surface area contributed by atoms with Gasteiger partial charge < -0.3 is 10.5 Å². The fraction of sp³-hybridized carbons (Fsp3) is 0.538. The molecule has 0 aliphatic carbocycles. The van der Waals surface area contributed by atoms with E-state index in [9.17, 15) is 0 Å². The second kappa shape index (κ2) is 7.61. The first-order chi connectivity index (χ1) is 8.21. The van der Waals surface area contributed by atoms with Gasteiger partial charge in [-0.05, 0) is 18.6 Å². The molecule has 0 bridgehead atoms. The van der Waals surface area contributed by atoms with Crippen molar-refractivity contribution in [3.63, 3.8) is 0 Å². The van der Waals surface area contributed by atoms with Crippen molar-refractivity contribution >= 4 is 11.3 Å². The van der Waals surface area contributed by atoms with E-state index in [4.69, 9.17) is 10.5 Å². The summed E-state index contributed by atoms with van der Waals surface area (Å²) in [4.78, 5) is 4.94. The molecule has 4 heteroatoms. The molecule has 0 aliphatic rings. The van der Waals surface area contributed by atoms with E-state index >= 15 is 0 Å². The van der Waals surface area contributed by atoms with Gasteiger partial charge in [0.1, 0.15) is 0 Å². The average Bonchev–Trinajstić information content (AvgIpc) is 2.67. The summed E-state index contributed by atoms with van der Waals surface area (Å²) in [5.74, 6) is 0. The van der Waals surface area contributed by atoms with Gasteiger partial charge in [0.2, 0.25) is 0 Å². The first-order valence-corrected chi connectivity index (χ1v) is 6.63. The highest BCUT2D eigenvalue weighted by Gasteiger charge is 2.09. The summed E-state index contributed by atoms with van der Waals surface area (Å²) in [5.41, 5.74) is 7.03. The fourth-order valence-electron chi connectivity index (χ4n) is 1.72. The molecule has 1 rings (SSSR count). The van der Waals surface area contributed by atoms with Crippen LogP contribution in [-0.4, -0.2) is 31.7 Å². The summed E-state index contributed by atoms with van der Waals surface area (Å²) < 4.78 is 5.12. The van der Waals surface area contributed by atoms with Crippen molar-refractivity contribution in [3.8, 4) is 0 Å².